The average Bonchev–Trinajstić information content (AvgIpc) is 2.48. The Morgan fingerprint density at radius 1 is 0.895 bits per heavy atom. The Labute approximate surface area is 133 Å². The van der Waals surface area contributed by atoms with Crippen LogP contribution in [0.15, 0.2) is 25.3 Å². The van der Waals surface area contributed by atoms with E-state index in [0.29, 0.717) is 3.92 Å². The van der Waals surface area contributed by atoms with Crippen LogP contribution in [0.3, 0.4) is 0 Å². The first-order valence-corrected chi connectivity index (χ1v) is 9.36. The van der Waals surface area contributed by atoms with Crippen molar-refractivity contribution < 1.29 is 0 Å². The predicted molar refractivity (Wildman–Crippen MR) is 93.7 cm³/mol. The van der Waals surface area contributed by atoms with Crippen LogP contribution in [0.2, 0.25) is 0 Å². The molecule has 0 saturated heterocycles. The van der Waals surface area contributed by atoms with Crippen LogP contribution in [-0.2, 0) is 0 Å². The van der Waals surface area contributed by atoms with Gasteiger partial charge in [0.2, 0.25) is 0 Å². The van der Waals surface area contributed by atoms with Gasteiger partial charge in [-0.25, -0.2) is 0 Å². The Bertz CT molecular complexity index is 280. The molecule has 0 radical (unpaired) electrons. The van der Waals surface area contributed by atoms with E-state index < -0.39 is 0 Å². The fourth-order valence-corrected chi connectivity index (χ4v) is 4.98. The molecule has 0 aromatic carbocycles. The standard InChI is InChI=1S/C18H29I/c1-3-5-14-6-8-15(9-7-14)16-10-12-17(13-11-16)18(19)4-2/h3-4,14-18H,1-2,5-13H2. The lowest BCUT2D eigenvalue weighted by molar-refractivity contribution is 0.149. The van der Waals surface area contributed by atoms with E-state index in [0.717, 1.165) is 23.7 Å². The summed E-state index contributed by atoms with van der Waals surface area (Å²) in [6.45, 7) is 7.84. The quantitative estimate of drug-likeness (QED) is 0.308. The largest absolute Gasteiger partial charge is 0.103 e. The summed E-state index contributed by atoms with van der Waals surface area (Å²) >= 11 is 2.57. The Morgan fingerprint density at radius 2 is 1.42 bits per heavy atom. The highest BCUT2D eigenvalue weighted by atomic mass is 127. The molecule has 2 rings (SSSR count). The minimum Gasteiger partial charge on any atom is -0.103 e. The maximum absolute atomic E-state index is 3.95. The van der Waals surface area contributed by atoms with Crippen LogP contribution in [0.4, 0.5) is 0 Å². The van der Waals surface area contributed by atoms with Gasteiger partial charge in [0.1, 0.15) is 0 Å². The summed E-state index contributed by atoms with van der Waals surface area (Å²) in [6, 6.07) is 0. The van der Waals surface area contributed by atoms with Crippen molar-refractivity contribution in [1.29, 1.82) is 0 Å². The van der Waals surface area contributed by atoms with Gasteiger partial charge in [0.15, 0.2) is 0 Å². The summed E-state index contributed by atoms with van der Waals surface area (Å²) in [5.74, 6) is 3.93. The maximum atomic E-state index is 3.95. The zero-order chi connectivity index (χ0) is 13.7. The normalized spacial score (nSPS) is 37.5. The van der Waals surface area contributed by atoms with E-state index >= 15 is 0 Å². The molecule has 0 amide bonds. The van der Waals surface area contributed by atoms with E-state index in [2.05, 4.69) is 47.9 Å². The van der Waals surface area contributed by atoms with Gasteiger partial charge in [-0.3, -0.25) is 0 Å². The predicted octanol–water partition coefficient (Wildman–Crippen LogP) is 6.16. The molecule has 1 heteroatoms. The van der Waals surface area contributed by atoms with Gasteiger partial charge < -0.3 is 0 Å². The highest BCUT2D eigenvalue weighted by Crippen LogP contribution is 2.43. The lowest BCUT2D eigenvalue weighted by atomic mass is 9.68. The van der Waals surface area contributed by atoms with E-state index in [9.17, 15) is 0 Å². The van der Waals surface area contributed by atoms with Gasteiger partial charge in [0, 0.05) is 3.92 Å². The molecule has 0 aliphatic heterocycles. The number of halogens is 1. The number of hydrogen-bond donors (Lipinski definition) is 0. The van der Waals surface area contributed by atoms with Crippen LogP contribution in [0, 0.1) is 23.7 Å². The first-order valence-electron chi connectivity index (χ1n) is 8.12. The van der Waals surface area contributed by atoms with Crippen molar-refractivity contribution in [2.24, 2.45) is 23.7 Å². The van der Waals surface area contributed by atoms with E-state index in [1.54, 1.807) is 0 Å². The molecule has 108 valence electrons. The minimum absolute atomic E-state index is 0.696. The van der Waals surface area contributed by atoms with Crippen LogP contribution in [0.25, 0.3) is 0 Å². The second kappa shape index (κ2) is 7.85. The highest BCUT2D eigenvalue weighted by molar-refractivity contribution is 14.1. The number of alkyl halides is 1. The fraction of sp³-hybridized carbons (Fsp3) is 0.778. The zero-order valence-corrected chi connectivity index (χ0v) is 14.4. The maximum Gasteiger partial charge on any atom is 0.0315 e. The summed E-state index contributed by atoms with van der Waals surface area (Å²) in [5.41, 5.74) is 0. The second-order valence-corrected chi connectivity index (χ2v) is 8.10. The van der Waals surface area contributed by atoms with Crippen molar-refractivity contribution in [3.63, 3.8) is 0 Å². The summed E-state index contributed by atoms with van der Waals surface area (Å²) in [5, 5.41) is 0. The van der Waals surface area contributed by atoms with Gasteiger partial charge in [0.05, 0.1) is 0 Å². The third kappa shape index (κ3) is 4.34. The molecule has 0 heterocycles. The minimum atomic E-state index is 0.696. The number of hydrogen-bond acceptors (Lipinski definition) is 0. The lowest BCUT2D eigenvalue weighted by Crippen LogP contribution is -2.27. The van der Waals surface area contributed by atoms with Crippen molar-refractivity contribution in [2.45, 2.75) is 61.7 Å². The Morgan fingerprint density at radius 3 is 1.89 bits per heavy atom. The molecule has 0 bridgehead atoms. The summed E-state index contributed by atoms with van der Waals surface area (Å²) in [4.78, 5) is 0. The third-order valence-electron chi connectivity index (χ3n) is 5.55. The van der Waals surface area contributed by atoms with Crippen molar-refractivity contribution in [2.75, 3.05) is 0 Å². The van der Waals surface area contributed by atoms with Crippen molar-refractivity contribution in [3.05, 3.63) is 25.3 Å². The van der Waals surface area contributed by atoms with Gasteiger partial charge in [0.25, 0.3) is 0 Å². The lowest BCUT2D eigenvalue weighted by Gasteiger charge is -2.38. The first-order chi connectivity index (χ1) is 9.24. The molecule has 1 atom stereocenters. The van der Waals surface area contributed by atoms with Crippen molar-refractivity contribution in [3.8, 4) is 0 Å². The highest BCUT2D eigenvalue weighted by Gasteiger charge is 2.31. The zero-order valence-electron chi connectivity index (χ0n) is 12.2. The van der Waals surface area contributed by atoms with E-state index in [4.69, 9.17) is 0 Å². The van der Waals surface area contributed by atoms with Crippen LogP contribution in [0.5, 0.6) is 0 Å². The smallest absolute Gasteiger partial charge is 0.0315 e. The molecular formula is C18H29I. The van der Waals surface area contributed by atoms with E-state index in [1.807, 2.05) is 0 Å². The molecule has 0 spiro atoms. The molecule has 2 aliphatic carbocycles. The van der Waals surface area contributed by atoms with Crippen LogP contribution < -0.4 is 0 Å². The SMILES string of the molecule is C=CCC1CCC(C2CCC(C(I)C=C)CC2)CC1. The molecule has 0 aromatic rings. The van der Waals surface area contributed by atoms with Crippen molar-refractivity contribution >= 4 is 22.6 Å². The van der Waals surface area contributed by atoms with Gasteiger partial charge in [-0.1, -0.05) is 34.7 Å². The van der Waals surface area contributed by atoms with Gasteiger partial charge in [-0.05, 0) is 81.5 Å². The molecule has 2 saturated carbocycles. The average molecular weight is 372 g/mol. The summed E-state index contributed by atoms with van der Waals surface area (Å²) < 4.78 is 0.696. The monoisotopic (exact) mass is 372 g/mol. The van der Waals surface area contributed by atoms with E-state index in [-0.39, 0.29) is 0 Å². The molecule has 2 aliphatic rings. The second-order valence-electron chi connectivity index (χ2n) is 6.66. The molecule has 19 heavy (non-hydrogen) atoms. The molecule has 1 unspecified atom stereocenters. The van der Waals surface area contributed by atoms with Crippen LogP contribution in [0.1, 0.15) is 57.8 Å². The molecule has 0 nitrogen and oxygen atoms in total. The van der Waals surface area contributed by atoms with Gasteiger partial charge in [-0.15, -0.1) is 13.2 Å². The number of rotatable bonds is 5. The molecule has 0 aromatic heterocycles. The topological polar surface area (TPSA) is 0 Å². The number of allylic oxidation sites excluding steroid dienone is 2. The summed E-state index contributed by atoms with van der Waals surface area (Å²) in [7, 11) is 0. The van der Waals surface area contributed by atoms with Gasteiger partial charge in [-0.2, -0.15) is 0 Å². The van der Waals surface area contributed by atoms with Gasteiger partial charge >= 0.3 is 0 Å². The van der Waals surface area contributed by atoms with Crippen LogP contribution in [-0.4, -0.2) is 3.92 Å². The van der Waals surface area contributed by atoms with E-state index in [1.165, 1.54) is 57.8 Å². The first kappa shape index (κ1) is 15.6. The van der Waals surface area contributed by atoms with Crippen molar-refractivity contribution in [1.82, 2.24) is 0 Å². The third-order valence-corrected chi connectivity index (χ3v) is 7.08. The van der Waals surface area contributed by atoms with Crippen LogP contribution >= 0.6 is 22.6 Å². The molecule has 2 fully saturated rings. The Kier molecular flexibility index (Phi) is 6.44. The Hall–Kier alpha value is 0.210. The molecule has 0 N–H and O–H groups in total. The fourth-order valence-electron chi connectivity index (χ4n) is 4.26. The molecular weight excluding hydrogens is 343 g/mol. The summed E-state index contributed by atoms with van der Waals surface area (Å²) in [6.07, 6.45) is 17.2. The Balaban J connectivity index is 1.73.